The molecular formula is C26H40O8. The van der Waals surface area contributed by atoms with Gasteiger partial charge in [0.1, 0.15) is 18.8 Å². The molecule has 0 saturated heterocycles. The van der Waals surface area contributed by atoms with Crippen LogP contribution in [0.1, 0.15) is 85.0 Å². The number of carbonyl (C=O) groups excluding carboxylic acids is 4. The fraction of sp³-hybridized carbons (Fsp3) is 0.846. The van der Waals surface area contributed by atoms with Gasteiger partial charge in [-0.3, -0.25) is 14.4 Å². The fourth-order valence-electron chi connectivity index (χ4n) is 6.68. The number of carbonyl (C=O) groups is 4. The predicted molar refractivity (Wildman–Crippen MR) is 122 cm³/mol. The summed E-state index contributed by atoms with van der Waals surface area (Å²) in [6.07, 6.45) is 9.49. The zero-order valence-corrected chi connectivity index (χ0v) is 20.8. The van der Waals surface area contributed by atoms with E-state index in [1.165, 1.54) is 12.8 Å². The van der Waals surface area contributed by atoms with Crippen LogP contribution in [0.4, 0.5) is 0 Å². The maximum atomic E-state index is 12.8. The van der Waals surface area contributed by atoms with E-state index in [0.29, 0.717) is 24.7 Å². The lowest BCUT2D eigenvalue weighted by Crippen LogP contribution is -2.53. The quantitative estimate of drug-likeness (QED) is 0.200. The number of hydrogen-bond acceptors (Lipinski definition) is 8. The van der Waals surface area contributed by atoms with Crippen LogP contribution in [0, 0.1) is 29.1 Å². The highest BCUT2D eigenvalue weighted by Crippen LogP contribution is 2.57. The van der Waals surface area contributed by atoms with E-state index in [4.69, 9.17) is 14.2 Å². The maximum Gasteiger partial charge on any atom is 0.344 e. The number of ether oxygens (including phenoxy) is 4. The van der Waals surface area contributed by atoms with Crippen LogP contribution in [-0.2, 0) is 38.1 Å². The molecule has 3 fully saturated rings. The van der Waals surface area contributed by atoms with Crippen molar-refractivity contribution in [1.29, 1.82) is 0 Å². The summed E-state index contributed by atoms with van der Waals surface area (Å²) in [4.78, 5) is 48.1. The first-order valence-electron chi connectivity index (χ1n) is 12.8. The molecule has 0 amide bonds. The van der Waals surface area contributed by atoms with Crippen LogP contribution in [0.15, 0.2) is 0 Å². The van der Waals surface area contributed by atoms with Crippen LogP contribution in [0.2, 0.25) is 0 Å². The molecule has 0 radical (unpaired) electrons. The molecule has 192 valence electrons. The fourth-order valence-corrected chi connectivity index (χ4v) is 6.68. The topological polar surface area (TPSA) is 105 Å². The molecule has 0 N–H and O–H groups in total. The van der Waals surface area contributed by atoms with Gasteiger partial charge in [0.05, 0.1) is 11.8 Å². The van der Waals surface area contributed by atoms with E-state index in [1.807, 2.05) is 13.8 Å². The van der Waals surface area contributed by atoms with Crippen molar-refractivity contribution in [2.75, 3.05) is 19.8 Å². The molecule has 5 unspecified atom stereocenters. The minimum absolute atomic E-state index is 0.0281. The Morgan fingerprint density at radius 2 is 1.62 bits per heavy atom. The Hall–Kier alpha value is -2.12. The van der Waals surface area contributed by atoms with Crippen LogP contribution >= 0.6 is 0 Å². The minimum Gasteiger partial charge on any atom is -0.464 e. The van der Waals surface area contributed by atoms with E-state index >= 15 is 0 Å². The third kappa shape index (κ3) is 6.30. The molecule has 0 spiro atoms. The third-order valence-corrected chi connectivity index (χ3v) is 8.29. The molecule has 0 aliphatic heterocycles. The van der Waals surface area contributed by atoms with Gasteiger partial charge >= 0.3 is 17.9 Å². The van der Waals surface area contributed by atoms with Crippen LogP contribution < -0.4 is 0 Å². The lowest BCUT2D eigenvalue weighted by atomic mass is 9.53. The zero-order chi connectivity index (χ0) is 24.8. The Morgan fingerprint density at radius 1 is 0.941 bits per heavy atom. The van der Waals surface area contributed by atoms with Crippen LogP contribution in [-0.4, -0.2) is 49.8 Å². The summed E-state index contributed by atoms with van der Waals surface area (Å²) in [7, 11) is 0. The molecule has 34 heavy (non-hydrogen) atoms. The Balaban J connectivity index is 1.52. The largest absolute Gasteiger partial charge is 0.464 e. The molecule has 3 saturated carbocycles. The molecule has 5 atom stereocenters. The van der Waals surface area contributed by atoms with Gasteiger partial charge in [-0.05, 0) is 64.2 Å². The zero-order valence-electron chi connectivity index (χ0n) is 20.8. The van der Waals surface area contributed by atoms with Crippen molar-refractivity contribution in [1.82, 2.24) is 0 Å². The van der Waals surface area contributed by atoms with Crippen molar-refractivity contribution in [3.05, 3.63) is 0 Å². The molecule has 8 heteroatoms. The molecule has 0 aromatic carbocycles. The van der Waals surface area contributed by atoms with Crippen molar-refractivity contribution >= 4 is 24.4 Å². The highest BCUT2D eigenvalue weighted by molar-refractivity contribution is 5.83. The lowest BCUT2D eigenvalue weighted by Gasteiger charge is -2.55. The van der Waals surface area contributed by atoms with Crippen LogP contribution in [0.3, 0.4) is 0 Å². The van der Waals surface area contributed by atoms with Gasteiger partial charge in [-0.1, -0.05) is 32.6 Å². The van der Waals surface area contributed by atoms with E-state index in [2.05, 4.69) is 11.7 Å². The van der Waals surface area contributed by atoms with E-state index in [0.717, 1.165) is 38.5 Å². The number of hydrogen-bond donors (Lipinski definition) is 0. The van der Waals surface area contributed by atoms with Gasteiger partial charge in [-0.15, -0.1) is 0 Å². The summed E-state index contributed by atoms with van der Waals surface area (Å²) in [5.41, 5.74) is -0.663. The van der Waals surface area contributed by atoms with Crippen molar-refractivity contribution in [3.63, 3.8) is 0 Å². The predicted octanol–water partition coefficient (Wildman–Crippen LogP) is 3.98. The normalized spacial score (nSPS) is 31.1. The van der Waals surface area contributed by atoms with Crippen molar-refractivity contribution < 1.29 is 38.1 Å². The van der Waals surface area contributed by atoms with Crippen molar-refractivity contribution in [2.45, 2.75) is 90.6 Å². The maximum absolute atomic E-state index is 12.8. The Morgan fingerprint density at radius 3 is 2.29 bits per heavy atom. The van der Waals surface area contributed by atoms with Gasteiger partial charge in [-0.2, -0.15) is 0 Å². The second kappa shape index (κ2) is 11.5. The molecule has 2 bridgehead atoms. The SMILES string of the molecule is CC1CC2CCCC(C(C)(C)OC(=O)COC(=O)C3CCCCC3C(=O)OCCOC=O)(C1)C2. The molecule has 8 nitrogen and oxygen atoms in total. The van der Waals surface area contributed by atoms with Gasteiger partial charge in [0, 0.05) is 5.41 Å². The van der Waals surface area contributed by atoms with E-state index < -0.39 is 42.0 Å². The van der Waals surface area contributed by atoms with Crippen molar-refractivity contribution in [3.8, 4) is 0 Å². The monoisotopic (exact) mass is 480 g/mol. The van der Waals surface area contributed by atoms with Gasteiger partial charge in [0.2, 0.25) is 0 Å². The van der Waals surface area contributed by atoms with Gasteiger partial charge < -0.3 is 18.9 Å². The second-order valence-electron chi connectivity index (χ2n) is 11.0. The van der Waals surface area contributed by atoms with Crippen molar-refractivity contribution in [2.24, 2.45) is 29.1 Å². The summed E-state index contributed by atoms with van der Waals surface area (Å²) in [5, 5.41) is 0. The average molecular weight is 481 g/mol. The Bertz CT molecular complexity index is 743. The summed E-state index contributed by atoms with van der Waals surface area (Å²) in [6, 6.07) is 0. The first-order chi connectivity index (χ1) is 16.2. The Labute approximate surface area is 202 Å². The highest BCUT2D eigenvalue weighted by atomic mass is 16.6. The summed E-state index contributed by atoms with van der Waals surface area (Å²) < 4.78 is 20.9. The lowest BCUT2D eigenvalue weighted by molar-refractivity contribution is -0.191. The van der Waals surface area contributed by atoms with Gasteiger partial charge in [0.25, 0.3) is 6.47 Å². The summed E-state index contributed by atoms with van der Waals surface area (Å²) in [5.74, 6) is -1.57. The standard InChI is InChI=1S/C26H40O8/c1-18-13-19-7-6-10-26(14-18,15-19)25(2,3)34-22(28)16-33-24(30)21-9-5-4-8-20(21)23(29)32-12-11-31-17-27/h17-21H,4-16H2,1-3H3. The molecular weight excluding hydrogens is 440 g/mol. The minimum atomic E-state index is -0.647. The van der Waals surface area contributed by atoms with E-state index in [-0.39, 0.29) is 25.1 Å². The molecule has 3 rings (SSSR count). The van der Waals surface area contributed by atoms with Gasteiger partial charge in [-0.25, -0.2) is 4.79 Å². The van der Waals surface area contributed by atoms with E-state index in [1.54, 1.807) is 0 Å². The number of rotatable bonds is 10. The molecule has 0 aromatic rings. The van der Waals surface area contributed by atoms with E-state index in [9.17, 15) is 19.2 Å². The summed E-state index contributed by atoms with van der Waals surface area (Å²) >= 11 is 0. The number of esters is 3. The third-order valence-electron chi connectivity index (χ3n) is 8.29. The highest BCUT2D eigenvalue weighted by Gasteiger charge is 2.53. The number of fused-ring (bicyclic) bond motifs is 2. The first-order valence-corrected chi connectivity index (χ1v) is 12.8. The first kappa shape index (κ1) is 26.5. The second-order valence-corrected chi connectivity index (χ2v) is 11.0. The Kier molecular flexibility index (Phi) is 8.99. The van der Waals surface area contributed by atoms with Crippen LogP contribution in [0.25, 0.3) is 0 Å². The molecule has 3 aliphatic carbocycles. The van der Waals surface area contributed by atoms with Crippen LogP contribution in [0.5, 0.6) is 0 Å². The molecule has 3 aliphatic rings. The molecule has 0 heterocycles. The average Bonchev–Trinajstić information content (AvgIpc) is 2.79. The molecule has 0 aromatic heterocycles. The van der Waals surface area contributed by atoms with Gasteiger partial charge in [0.15, 0.2) is 6.61 Å². The smallest absolute Gasteiger partial charge is 0.344 e. The summed E-state index contributed by atoms with van der Waals surface area (Å²) in [6.45, 7) is 6.02.